The first-order chi connectivity index (χ1) is 11.9. The average molecular weight is 342 g/mol. The number of carbonyl (C=O) groups excluding carboxylic acids is 3. The molecule has 1 aromatic carbocycles. The van der Waals surface area contributed by atoms with Crippen molar-refractivity contribution in [3.05, 3.63) is 53.5 Å². The molecule has 2 aromatic rings. The molecule has 1 saturated heterocycles. The van der Waals surface area contributed by atoms with Gasteiger partial charge in [0.2, 0.25) is 11.8 Å². The second-order valence-corrected chi connectivity index (χ2v) is 5.67. The van der Waals surface area contributed by atoms with Crippen LogP contribution in [-0.2, 0) is 16.0 Å². The maximum absolute atomic E-state index is 12.0. The van der Waals surface area contributed by atoms with Gasteiger partial charge in [-0.05, 0) is 24.1 Å². The van der Waals surface area contributed by atoms with Crippen LogP contribution in [0, 0.1) is 5.92 Å². The highest BCUT2D eigenvalue weighted by atomic mass is 16.4. The maximum Gasteiger partial charge on any atom is 0.338 e. The Morgan fingerprint density at radius 3 is 2.52 bits per heavy atom. The molecule has 0 radical (unpaired) electrons. The lowest BCUT2D eigenvalue weighted by molar-refractivity contribution is -0.125. The van der Waals surface area contributed by atoms with Gasteiger partial charge in [-0.2, -0.15) is 0 Å². The summed E-state index contributed by atoms with van der Waals surface area (Å²) in [6, 6.07) is 7.95. The molecule has 3 rings (SSSR count). The zero-order valence-electron chi connectivity index (χ0n) is 12.9. The monoisotopic (exact) mass is 342 g/mol. The summed E-state index contributed by atoms with van der Waals surface area (Å²) in [7, 11) is 0. The molecule has 3 amide bonds. The standard InChI is InChI=1S/C17H14N2O6/c20-14-7-10(15(21)19-14)5-9-1-3-12(4-2-9)18-16(22)13-6-11(8-25-13)17(23)24/h1-4,6,8,10H,5,7H2,(H,18,22)(H,23,24)(H,19,20,21). The maximum atomic E-state index is 12.0. The van der Waals surface area contributed by atoms with Crippen molar-refractivity contribution < 1.29 is 28.7 Å². The predicted octanol–water partition coefficient (Wildman–Crippen LogP) is 1.44. The van der Waals surface area contributed by atoms with Gasteiger partial charge >= 0.3 is 5.97 Å². The van der Waals surface area contributed by atoms with Gasteiger partial charge in [-0.3, -0.25) is 19.7 Å². The van der Waals surface area contributed by atoms with Crippen LogP contribution in [-0.4, -0.2) is 28.8 Å². The van der Waals surface area contributed by atoms with Gasteiger partial charge in [0.1, 0.15) is 6.26 Å². The second-order valence-electron chi connectivity index (χ2n) is 5.67. The normalized spacial score (nSPS) is 16.6. The van der Waals surface area contributed by atoms with Gasteiger partial charge in [0, 0.05) is 18.2 Å². The number of benzene rings is 1. The summed E-state index contributed by atoms with van der Waals surface area (Å²) in [5.74, 6) is -2.76. The van der Waals surface area contributed by atoms with Crippen LogP contribution in [0.5, 0.6) is 0 Å². The fourth-order valence-electron chi connectivity index (χ4n) is 2.54. The Morgan fingerprint density at radius 2 is 1.96 bits per heavy atom. The minimum absolute atomic E-state index is 0.107. The van der Waals surface area contributed by atoms with Crippen LogP contribution >= 0.6 is 0 Å². The number of anilines is 1. The van der Waals surface area contributed by atoms with E-state index in [1.165, 1.54) is 0 Å². The van der Waals surface area contributed by atoms with Crippen molar-refractivity contribution in [1.29, 1.82) is 0 Å². The molecule has 8 heteroatoms. The number of furan rings is 1. The van der Waals surface area contributed by atoms with Crippen LogP contribution in [0.3, 0.4) is 0 Å². The summed E-state index contributed by atoms with van der Waals surface area (Å²) >= 11 is 0. The number of amides is 3. The number of hydrogen-bond acceptors (Lipinski definition) is 5. The van der Waals surface area contributed by atoms with Crippen molar-refractivity contribution in [2.24, 2.45) is 5.92 Å². The van der Waals surface area contributed by atoms with E-state index in [1.54, 1.807) is 24.3 Å². The van der Waals surface area contributed by atoms with Crippen molar-refractivity contribution in [2.45, 2.75) is 12.8 Å². The smallest absolute Gasteiger partial charge is 0.338 e. The molecule has 25 heavy (non-hydrogen) atoms. The van der Waals surface area contributed by atoms with Crippen LogP contribution in [0.1, 0.15) is 32.9 Å². The Labute approximate surface area is 141 Å². The van der Waals surface area contributed by atoms with Gasteiger partial charge in [0.15, 0.2) is 5.76 Å². The molecule has 0 spiro atoms. The van der Waals surface area contributed by atoms with Gasteiger partial charge in [-0.1, -0.05) is 12.1 Å². The van der Waals surface area contributed by atoms with E-state index in [2.05, 4.69) is 10.6 Å². The van der Waals surface area contributed by atoms with Gasteiger partial charge in [-0.25, -0.2) is 4.79 Å². The summed E-state index contributed by atoms with van der Waals surface area (Å²) < 4.78 is 4.92. The first-order valence-corrected chi connectivity index (χ1v) is 7.48. The zero-order chi connectivity index (χ0) is 18.0. The van der Waals surface area contributed by atoms with E-state index >= 15 is 0 Å². The van der Waals surface area contributed by atoms with Crippen molar-refractivity contribution in [3.63, 3.8) is 0 Å². The first kappa shape index (κ1) is 16.4. The highest BCUT2D eigenvalue weighted by Crippen LogP contribution is 2.19. The number of rotatable bonds is 5. The van der Waals surface area contributed by atoms with Crippen molar-refractivity contribution in [3.8, 4) is 0 Å². The van der Waals surface area contributed by atoms with Crippen LogP contribution in [0.25, 0.3) is 0 Å². The molecule has 8 nitrogen and oxygen atoms in total. The molecule has 1 aliphatic heterocycles. The van der Waals surface area contributed by atoms with Gasteiger partial charge in [0.05, 0.1) is 11.5 Å². The Hall–Kier alpha value is -3.42. The Morgan fingerprint density at radius 1 is 1.24 bits per heavy atom. The SMILES string of the molecule is O=C1CC(Cc2ccc(NC(=O)c3cc(C(=O)O)co3)cc2)C(=O)N1. The number of hydrogen-bond donors (Lipinski definition) is 3. The van der Waals surface area contributed by atoms with E-state index in [0.29, 0.717) is 12.1 Å². The van der Waals surface area contributed by atoms with E-state index in [1.807, 2.05) is 0 Å². The van der Waals surface area contributed by atoms with Gasteiger partial charge < -0.3 is 14.8 Å². The molecule has 0 bridgehead atoms. The zero-order valence-corrected chi connectivity index (χ0v) is 12.9. The van der Waals surface area contributed by atoms with Crippen LogP contribution in [0.2, 0.25) is 0 Å². The Kier molecular flexibility index (Phi) is 4.34. The molecule has 3 N–H and O–H groups in total. The minimum Gasteiger partial charge on any atom is -0.478 e. The third-order valence-electron chi connectivity index (χ3n) is 3.83. The van der Waals surface area contributed by atoms with E-state index in [4.69, 9.17) is 9.52 Å². The van der Waals surface area contributed by atoms with Crippen LogP contribution in [0.15, 0.2) is 41.0 Å². The van der Waals surface area contributed by atoms with Crippen molar-refractivity contribution >= 4 is 29.4 Å². The van der Waals surface area contributed by atoms with Crippen LogP contribution in [0.4, 0.5) is 5.69 Å². The molecule has 1 aromatic heterocycles. The molecule has 0 aliphatic carbocycles. The molecule has 128 valence electrons. The summed E-state index contributed by atoms with van der Waals surface area (Å²) in [5, 5.41) is 13.7. The number of imide groups is 1. The average Bonchev–Trinajstić information content (AvgIpc) is 3.17. The molecular weight excluding hydrogens is 328 g/mol. The van der Waals surface area contributed by atoms with Crippen molar-refractivity contribution in [1.82, 2.24) is 5.32 Å². The molecule has 1 atom stereocenters. The fourth-order valence-corrected chi connectivity index (χ4v) is 2.54. The quantitative estimate of drug-likeness (QED) is 0.706. The largest absolute Gasteiger partial charge is 0.478 e. The summed E-state index contributed by atoms with van der Waals surface area (Å²) in [4.78, 5) is 45.5. The topological polar surface area (TPSA) is 126 Å². The second kappa shape index (κ2) is 6.60. The molecule has 1 fully saturated rings. The molecule has 1 aliphatic rings. The predicted molar refractivity (Wildman–Crippen MR) is 85.0 cm³/mol. The number of aromatic carboxylic acids is 1. The van der Waals surface area contributed by atoms with Crippen LogP contribution < -0.4 is 10.6 Å². The third kappa shape index (κ3) is 3.74. The van der Waals surface area contributed by atoms with E-state index in [0.717, 1.165) is 17.9 Å². The highest BCUT2D eigenvalue weighted by molar-refractivity contribution is 6.04. The lowest BCUT2D eigenvalue weighted by Crippen LogP contribution is -2.22. The number of carboxylic acid groups (broad SMARTS) is 1. The van der Waals surface area contributed by atoms with E-state index in [-0.39, 0.29) is 35.5 Å². The number of carboxylic acids is 1. The molecule has 0 saturated carbocycles. The fraction of sp³-hybridized carbons (Fsp3) is 0.176. The van der Waals surface area contributed by atoms with E-state index in [9.17, 15) is 19.2 Å². The summed E-state index contributed by atoms with van der Waals surface area (Å²) in [6.45, 7) is 0. The van der Waals surface area contributed by atoms with Gasteiger partial charge in [-0.15, -0.1) is 0 Å². The number of nitrogens with one attached hydrogen (secondary N) is 2. The third-order valence-corrected chi connectivity index (χ3v) is 3.83. The van der Waals surface area contributed by atoms with Crippen molar-refractivity contribution in [2.75, 3.05) is 5.32 Å². The Bertz CT molecular complexity index is 852. The molecule has 1 unspecified atom stereocenters. The molecule has 2 heterocycles. The van der Waals surface area contributed by atoms with E-state index < -0.39 is 11.9 Å². The summed E-state index contributed by atoms with van der Waals surface area (Å²) in [5.41, 5.74) is 1.25. The lowest BCUT2D eigenvalue weighted by atomic mass is 9.98. The minimum atomic E-state index is -1.18. The first-order valence-electron chi connectivity index (χ1n) is 7.48. The summed E-state index contributed by atoms with van der Waals surface area (Å²) in [6.07, 6.45) is 1.61. The van der Waals surface area contributed by atoms with Gasteiger partial charge in [0.25, 0.3) is 5.91 Å². The Balaban J connectivity index is 1.62. The number of carbonyl (C=O) groups is 4. The highest BCUT2D eigenvalue weighted by Gasteiger charge is 2.30. The lowest BCUT2D eigenvalue weighted by Gasteiger charge is -2.08. The molecular formula is C17H14N2O6.